The highest BCUT2D eigenvalue weighted by Gasteiger charge is 2.53. The molecule has 6 heteroatoms. The third-order valence-corrected chi connectivity index (χ3v) is 8.87. The summed E-state index contributed by atoms with van der Waals surface area (Å²) in [7, 11) is -3.19. The SMILES string of the molecule is O=C(N[C@@H]1CS(=O)(=O)[C@H]2CN(C3Cc4ccccc4C3)C[C@@H]12)c1ccccc1. The van der Waals surface area contributed by atoms with Crippen LogP contribution in [0.15, 0.2) is 54.6 Å². The van der Waals surface area contributed by atoms with Crippen molar-refractivity contribution in [3.63, 3.8) is 0 Å². The maximum Gasteiger partial charge on any atom is 0.251 e. The lowest BCUT2D eigenvalue weighted by Crippen LogP contribution is -2.43. The maximum atomic E-state index is 12.8. The normalized spacial score (nSPS) is 28.8. The molecule has 0 bridgehead atoms. The Bertz CT molecular complexity index is 980. The van der Waals surface area contributed by atoms with Crippen LogP contribution in [0.3, 0.4) is 0 Å². The van der Waals surface area contributed by atoms with Crippen LogP contribution in [-0.2, 0) is 22.7 Å². The zero-order valence-corrected chi connectivity index (χ0v) is 16.4. The van der Waals surface area contributed by atoms with Crippen molar-refractivity contribution in [2.24, 2.45) is 5.92 Å². The van der Waals surface area contributed by atoms with Gasteiger partial charge in [0.25, 0.3) is 5.91 Å². The number of nitrogens with zero attached hydrogens (tertiary/aromatic N) is 1. The Morgan fingerprint density at radius 3 is 2.25 bits per heavy atom. The second kappa shape index (κ2) is 6.71. The monoisotopic (exact) mass is 396 g/mol. The number of carbonyl (C=O) groups excluding carboxylic acids is 1. The van der Waals surface area contributed by atoms with E-state index in [1.807, 2.05) is 18.2 Å². The van der Waals surface area contributed by atoms with E-state index in [9.17, 15) is 13.2 Å². The van der Waals surface area contributed by atoms with E-state index in [2.05, 4.69) is 34.5 Å². The molecule has 0 radical (unpaired) electrons. The number of sulfone groups is 1. The highest BCUT2D eigenvalue weighted by Crippen LogP contribution is 2.37. The van der Waals surface area contributed by atoms with Gasteiger partial charge in [-0.1, -0.05) is 42.5 Å². The van der Waals surface area contributed by atoms with Gasteiger partial charge in [-0.05, 0) is 36.1 Å². The minimum Gasteiger partial charge on any atom is -0.348 e. The largest absolute Gasteiger partial charge is 0.348 e. The predicted octanol–water partition coefficient (Wildman–Crippen LogP) is 1.68. The summed E-state index contributed by atoms with van der Waals surface area (Å²) in [5, 5.41) is 2.64. The van der Waals surface area contributed by atoms with E-state index in [1.165, 1.54) is 11.1 Å². The molecule has 0 saturated carbocycles. The molecule has 2 fully saturated rings. The number of fused-ring (bicyclic) bond motifs is 2. The van der Waals surface area contributed by atoms with E-state index in [1.54, 1.807) is 12.1 Å². The Kier molecular flexibility index (Phi) is 4.29. The topological polar surface area (TPSA) is 66.5 Å². The van der Waals surface area contributed by atoms with Crippen molar-refractivity contribution in [3.8, 4) is 0 Å². The van der Waals surface area contributed by atoms with Gasteiger partial charge < -0.3 is 5.32 Å². The molecule has 3 aliphatic rings. The molecule has 5 rings (SSSR count). The van der Waals surface area contributed by atoms with Gasteiger partial charge in [0.1, 0.15) is 0 Å². The standard InChI is InChI=1S/C22H24N2O3S/c25-22(15-6-2-1-3-7-15)23-20-14-28(26,27)21-13-24(12-19(20)21)18-10-16-8-4-5-9-17(16)11-18/h1-9,18-21H,10-14H2,(H,23,25)/t19-,20+,21-/m0/s1. The summed E-state index contributed by atoms with van der Waals surface area (Å²) in [6.45, 7) is 1.33. The molecule has 0 spiro atoms. The van der Waals surface area contributed by atoms with Gasteiger partial charge in [-0.25, -0.2) is 8.42 Å². The summed E-state index contributed by atoms with van der Waals surface area (Å²) in [6.07, 6.45) is 1.97. The van der Waals surface area contributed by atoms with Crippen molar-refractivity contribution in [1.29, 1.82) is 0 Å². The second-order valence-corrected chi connectivity index (χ2v) is 10.5. The van der Waals surface area contributed by atoms with Crippen LogP contribution in [0.4, 0.5) is 0 Å². The number of likely N-dealkylation sites (tertiary alicyclic amines) is 1. The quantitative estimate of drug-likeness (QED) is 0.857. The summed E-state index contributed by atoms with van der Waals surface area (Å²) in [5.74, 6) is -0.158. The molecule has 2 heterocycles. The van der Waals surface area contributed by atoms with Crippen molar-refractivity contribution in [3.05, 3.63) is 71.3 Å². The van der Waals surface area contributed by atoms with Gasteiger partial charge in [0.2, 0.25) is 0 Å². The minimum atomic E-state index is -3.19. The number of hydrogen-bond acceptors (Lipinski definition) is 4. The first kappa shape index (κ1) is 17.9. The first-order valence-electron chi connectivity index (χ1n) is 9.89. The van der Waals surface area contributed by atoms with Crippen molar-refractivity contribution in [2.75, 3.05) is 18.8 Å². The zero-order chi connectivity index (χ0) is 19.3. The smallest absolute Gasteiger partial charge is 0.251 e. The van der Waals surface area contributed by atoms with Crippen LogP contribution in [0.1, 0.15) is 21.5 Å². The molecule has 2 saturated heterocycles. The molecule has 2 aromatic rings. The first-order valence-corrected chi connectivity index (χ1v) is 11.6. The van der Waals surface area contributed by atoms with E-state index in [0.717, 1.165) is 19.4 Å². The summed E-state index contributed by atoms with van der Waals surface area (Å²) in [6, 6.07) is 17.6. The molecular weight excluding hydrogens is 372 g/mol. The Hall–Kier alpha value is -2.18. The lowest BCUT2D eigenvalue weighted by atomic mass is 10.00. The lowest BCUT2D eigenvalue weighted by Gasteiger charge is -2.26. The molecular formula is C22H24N2O3S. The molecule has 1 amide bonds. The number of benzene rings is 2. The van der Waals surface area contributed by atoms with Crippen molar-refractivity contribution >= 4 is 15.7 Å². The van der Waals surface area contributed by atoms with Crippen LogP contribution in [0.25, 0.3) is 0 Å². The van der Waals surface area contributed by atoms with Crippen LogP contribution in [0.5, 0.6) is 0 Å². The third kappa shape index (κ3) is 3.05. The number of carbonyl (C=O) groups is 1. The van der Waals surface area contributed by atoms with Crippen LogP contribution >= 0.6 is 0 Å². The predicted molar refractivity (Wildman–Crippen MR) is 108 cm³/mol. The van der Waals surface area contributed by atoms with E-state index in [4.69, 9.17) is 0 Å². The van der Waals surface area contributed by atoms with E-state index in [0.29, 0.717) is 18.2 Å². The summed E-state index contributed by atoms with van der Waals surface area (Å²) in [4.78, 5) is 14.9. The molecule has 5 nitrogen and oxygen atoms in total. The summed E-state index contributed by atoms with van der Waals surface area (Å²) >= 11 is 0. The van der Waals surface area contributed by atoms with Gasteiger partial charge in [-0.3, -0.25) is 9.69 Å². The zero-order valence-electron chi connectivity index (χ0n) is 15.6. The summed E-state index contributed by atoms with van der Waals surface area (Å²) < 4.78 is 25.5. The molecule has 0 aromatic heterocycles. The highest BCUT2D eigenvalue weighted by atomic mass is 32.2. The average Bonchev–Trinajstić information content (AvgIpc) is 3.37. The van der Waals surface area contributed by atoms with Gasteiger partial charge in [0.15, 0.2) is 9.84 Å². The van der Waals surface area contributed by atoms with Gasteiger partial charge in [-0.15, -0.1) is 0 Å². The number of hydrogen-bond donors (Lipinski definition) is 1. The molecule has 3 atom stereocenters. The number of nitrogens with one attached hydrogen (secondary N) is 1. The molecule has 0 unspecified atom stereocenters. The van der Waals surface area contributed by atoms with Crippen molar-refractivity contribution in [1.82, 2.24) is 10.2 Å². The van der Waals surface area contributed by atoms with Crippen LogP contribution < -0.4 is 5.32 Å². The molecule has 2 aromatic carbocycles. The van der Waals surface area contributed by atoms with Crippen LogP contribution in [0.2, 0.25) is 0 Å². The molecule has 2 aliphatic heterocycles. The number of rotatable bonds is 3. The fraction of sp³-hybridized carbons (Fsp3) is 0.409. The highest BCUT2D eigenvalue weighted by molar-refractivity contribution is 7.92. The molecule has 1 N–H and O–H groups in total. The second-order valence-electron chi connectivity index (χ2n) is 8.26. The van der Waals surface area contributed by atoms with E-state index in [-0.39, 0.29) is 28.9 Å². The van der Waals surface area contributed by atoms with E-state index >= 15 is 0 Å². The Balaban J connectivity index is 1.32. The maximum absolute atomic E-state index is 12.8. The number of amides is 1. The Morgan fingerprint density at radius 2 is 1.57 bits per heavy atom. The molecule has 28 heavy (non-hydrogen) atoms. The fourth-order valence-corrected chi connectivity index (χ4v) is 7.48. The van der Waals surface area contributed by atoms with Crippen LogP contribution in [0, 0.1) is 5.92 Å². The minimum absolute atomic E-state index is 0.0265. The average molecular weight is 397 g/mol. The van der Waals surface area contributed by atoms with Crippen molar-refractivity contribution < 1.29 is 13.2 Å². The Labute approximate surface area is 165 Å². The fourth-order valence-electron chi connectivity index (χ4n) is 5.18. The molecule has 146 valence electrons. The van der Waals surface area contributed by atoms with E-state index < -0.39 is 9.84 Å². The first-order chi connectivity index (χ1) is 13.5. The van der Waals surface area contributed by atoms with Crippen LogP contribution in [-0.4, -0.2) is 55.4 Å². The molecule has 1 aliphatic carbocycles. The lowest BCUT2D eigenvalue weighted by molar-refractivity contribution is 0.0929. The van der Waals surface area contributed by atoms with Gasteiger partial charge in [-0.2, -0.15) is 0 Å². The van der Waals surface area contributed by atoms with Gasteiger partial charge >= 0.3 is 0 Å². The Morgan fingerprint density at radius 1 is 0.929 bits per heavy atom. The van der Waals surface area contributed by atoms with Gasteiger partial charge in [0, 0.05) is 36.7 Å². The third-order valence-electron chi connectivity index (χ3n) is 6.63. The van der Waals surface area contributed by atoms with Gasteiger partial charge in [0.05, 0.1) is 11.0 Å². The summed E-state index contributed by atoms with van der Waals surface area (Å²) in [5.41, 5.74) is 3.33. The van der Waals surface area contributed by atoms with Crippen molar-refractivity contribution in [2.45, 2.75) is 30.2 Å².